The molecule has 208 valence electrons. The van der Waals surface area contributed by atoms with Crippen molar-refractivity contribution in [3.8, 4) is 0 Å². The number of alkyl carbamates (subject to hydrolysis) is 1. The van der Waals surface area contributed by atoms with Gasteiger partial charge in [-0.2, -0.15) is 5.10 Å². The lowest BCUT2D eigenvalue weighted by molar-refractivity contribution is -0.130. The van der Waals surface area contributed by atoms with E-state index < -0.39 is 17.7 Å². The number of ether oxygens (including phenoxy) is 1. The molecule has 0 spiro atoms. The highest BCUT2D eigenvalue weighted by molar-refractivity contribution is 9.10. The molecule has 0 bridgehead atoms. The monoisotopic (exact) mass is 597 g/mol. The lowest BCUT2D eigenvalue weighted by Crippen LogP contribution is -2.48. The van der Waals surface area contributed by atoms with Crippen LogP contribution in [0.1, 0.15) is 52.0 Å². The number of nitrogens with one attached hydrogen (secondary N) is 4. The summed E-state index contributed by atoms with van der Waals surface area (Å²) in [6, 6.07) is 12.5. The van der Waals surface area contributed by atoms with Gasteiger partial charge in [-0.15, -0.1) is 0 Å². The SMILES string of the molecule is CC(C)(C)OC(=O)NCC1CCC(C(=O)NC(Cc2ccc(Br)cc2)C(=O)Nc2ccc3cn[nH]c3c2)CC1. The molecule has 9 nitrogen and oxygen atoms in total. The molecule has 1 fully saturated rings. The van der Waals surface area contributed by atoms with Gasteiger partial charge in [0.25, 0.3) is 0 Å². The number of rotatable bonds is 8. The van der Waals surface area contributed by atoms with Crippen molar-refractivity contribution in [1.29, 1.82) is 0 Å². The van der Waals surface area contributed by atoms with E-state index >= 15 is 0 Å². The Morgan fingerprint density at radius 2 is 1.79 bits per heavy atom. The van der Waals surface area contributed by atoms with Crippen LogP contribution in [-0.4, -0.2) is 46.3 Å². The van der Waals surface area contributed by atoms with Gasteiger partial charge >= 0.3 is 6.09 Å². The summed E-state index contributed by atoms with van der Waals surface area (Å²) in [7, 11) is 0. The molecule has 1 aliphatic rings. The van der Waals surface area contributed by atoms with Crippen LogP contribution in [0.25, 0.3) is 10.9 Å². The quantitative estimate of drug-likeness (QED) is 0.279. The number of amides is 3. The molecule has 39 heavy (non-hydrogen) atoms. The molecule has 10 heteroatoms. The van der Waals surface area contributed by atoms with Crippen molar-refractivity contribution in [3.05, 3.63) is 58.7 Å². The predicted octanol–water partition coefficient (Wildman–Crippen LogP) is 5.32. The summed E-state index contributed by atoms with van der Waals surface area (Å²) in [6.45, 7) is 6.02. The Balaban J connectivity index is 1.35. The Morgan fingerprint density at radius 1 is 1.08 bits per heavy atom. The van der Waals surface area contributed by atoms with Crippen LogP contribution in [0.3, 0.4) is 0 Å². The summed E-state index contributed by atoms with van der Waals surface area (Å²) in [5.74, 6) is -0.277. The highest BCUT2D eigenvalue weighted by Crippen LogP contribution is 2.29. The Kier molecular flexibility index (Phi) is 9.27. The topological polar surface area (TPSA) is 125 Å². The minimum absolute atomic E-state index is 0.116. The van der Waals surface area contributed by atoms with E-state index in [4.69, 9.17) is 4.74 Å². The summed E-state index contributed by atoms with van der Waals surface area (Å²) in [4.78, 5) is 38.6. The van der Waals surface area contributed by atoms with Crippen molar-refractivity contribution in [1.82, 2.24) is 20.8 Å². The number of carbonyl (C=O) groups excluding carboxylic acids is 3. The van der Waals surface area contributed by atoms with Crippen LogP contribution in [0.2, 0.25) is 0 Å². The zero-order chi connectivity index (χ0) is 28.0. The molecule has 0 aliphatic heterocycles. The second kappa shape index (κ2) is 12.6. The Morgan fingerprint density at radius 3 is 2.49 bits per heavy atom. The van der Waals surface area contributed by atoms with Gasteiger partial charge in [0.15, 0.2) is 0 Å². The third-order valence-electron chi connectivity index (χ3n) is 6.85. The fourth-order valence-corrected chi connectivity index (χ4v) is 5.03. The molecule has 4 rings (SSSR count). The van der Waals surface area contributed by atoms with Crippen LogP contribution in [0.15, 0.2) is 53.1 Å². The van der Waals surface area contributed by atoms with Gasteiger partial charge in [-0.1, -0.05) is 28.1 Å². The van der Waals surface area contributed by atoms with Gasteiger partial charge in [0.1, 0.15) is 11.6 Å². The van der Waals surface area contributed by atoms with E-state index in [1.807, 2.05) is 63.2 Å². The van der Waals surface area contributed by atoms with Crippen LogP contribution in [0, 0.1) is 11.8 Å². The van der Waals surface area contributed by atoms with Gasteiger partial charge in [0.05, 0.1) is 11.7 Å². The number of carbonyl (C=O) groups is 3. The number of benzene rings is 2. The summed E-state index contributed by atoms with van der Waals surface area (Å²) >= 11 is 3.44. The summed E-state index contributed by atoms with van der Waals surface area (Å²) in [5.41, 5.74) is 1.86. The van der Waals surface area contributed by atoms with Gasteiger partial charge in [-0.3, -0.25) is 14.7 Å². The van der Waals surface area contributed by atoms with Crippen LogP contribution in [0.4, 0.5) is 10.5 Å². The molecule has 1 heterocycles. The minimum atomic E-state index is -0.734. The smallest absolute Gasteiger partial charge is 0.407 e. The van der Waals surface area contributed by atoms with E-state index in [9.17, 15) is 14.4 Å². The van der Waals surface area contributed by atoms with Gasteiger partial charge < -0.3 is 20.7 Å². The third kappa shape index (κ3) is 8.54. The molecule has 1 atom stereocenters. The summed E-state index contributed by atoms with van der Waals surface area (Å²) in [6.07, 6.45) is 4.72. The van der Waals surface area contributed by atoms with E-state index in [0.717, 1.165) is 33.8 Å². The largest absolute Gasteiger partial charge is 0.444 e. The number of fused-ring (bicyclic) bond motifs is 1. The molecular weight excluding hydrogens is 562 g/mol. The molecule has 4 N–H and O–H groups in total. The average Bonchev–Trinajstić information content (AvgIpc) is 3.35. The van der Waals surface area contributed by atoms with E-state index in [-0.39, 0.29) is 17.7 Å². The molecule has 2 aromatic carbocycles. The number of anilines is 1. The third-order valence-corrected chi connectivity index (χ3v) is 7.38. The van der Waals surface area contributed by atoms with Crippen molar-refractivity contribution in [2.75, 3.05) is 11.9 Å². The highest BCUT2D eigenvalue weighted by atomic mass is 79.9. The standard InChI is InChI=1S/C29H36BrN5O4/c1-29(2,3)39-28(38)31-16-19-4-8-20(9-5-19)26(36)34-25(14-18-6-11-22(30)12-7-18)27(37)33-23-13-10-21-17-32-35-24(21)15-23/h6-7,10-13,15,17,19-20,25H,4-5,8-9,14,16H2,1-3H3,(H,31,38)(H,32,35)(H,33,37)(H,34,36). The first-order valence-corrected chi connectivity index (χ1v) is 14.1. The normalized spacial score (nSPS) is 18.3. The van der Waals surface area contributed by atoms with Crippen molar-refractivity contribution < 1.29 is 19.1 Å². The predicted molar refractivity (Wildman–Crippen MR) is 154 cm³/mol. The van der Waals surface area contributed by atoms with Gasteiger partial charge in [0.2, 0.25) is 11.8 Å². The molecular formula is C29H36BrN5O4. The lowest BCUT2D eigenvalue weighted by atomic mass is 9.81. The molecule has 0 saturated heterocycles. The van der Waals surface area contributed by atoms with E-state index in [1.54, 1.807) is 6.20 Å². The first kappa shape index (κ1) is 28.6. The number of halogens is 1. The number of hydrogen-bond donors (Lipinski definition) is 4. The first-order valence-electron chi connectivity index (χ1n) is 13.3. The molecule has 3 amide bonds. The first-order chi connectivity index (χ1) is 18.6. The minimum Gasteiger partial charge on any atom is -0.444 e. The maximum Gasteiger partial charge on any atom is 0.407 e. The van der Waals surface area contributed by atoms with Gasteiger partial charge in [-0.05, 0) is 88.3 Å². The Bertz CT molecular complexity index is 1290. The summed E-state index contributed by atoms with van der Waals surface area (Å²) < 4.78 is 6.26. The molecule has 1 aromatic heterocycles. The Labute approximate surface area is 237 Å². The molecule has 0 radical (unpaired) electrons. The number of aromatic nitrogens is 2. The lowest BCUT2D eigenvalue weighted by Gasteiger charge is -2.29. The van der Waals surface area contributed by atoms with E-state index in [2.05, 4.69) is 42.1 Å². The van der Waals surface area contributed by atoms with Crippen molar-refractivity contribution >= 4 is 50.4 Å². The highest BCUT2D eigenvalue weighted by Gasteiger charge is 2.30. The van der Waals surface area contributed by atoms with E-state index in [1.165, 1.54) is 0 Å². The maximum absolute atomic E-state index is 13.4. The maximum atomic E-state index is 13.4. The summed E-state index contributed by atoms with van der Waals surface area (Å²) in [5, 5.41) is 16.7. The molecule has 3 aromatic rings. The zero-order valence-electron chi connectivity index (χ0n) is 22.6. The van der Waals surface area contributed by atoms with Crippen LogP contribution in [0.5, 0.6) is 0 Å². The molecule has 1 saturated carbocycles. The second-order valence-electron chi connectivity index (χ2n) is 11.2. The second-order valence-corrected chi connectivity index (χ2v) is 12.1. The van der Waals surface area contributed by atoms with Crippen LogP contribution in [-0.2, 0) is 20.7 Å². The van der Waals surface area contributed by atoms with Gasteiger partial charge in [-0.25, -0.2) is 4.79 Å². The van der Waals surface area contributed by atoms with Crippen LogP contribution < -0.4 is 16.0 Å². The van der Waals surface area contributed by atoms with Crippen molar-refractivity contribution in [3.63, 3.8) is 0 Å². The number of nitrogens with zero attached hydrogens (tertiary/aromatic N) is 1. The number of H-pyrrole nitrogens is 1. The zero-order valence-corrected chi connectivity index (χ0v) is 24.1. The number of aromatic amines is 1. The Hall–Kier alpha value is -3.40. The van der Waals surface area contributed by atoms with Crippen LogP contribution >= 0.6 is 15.9 Å². The molecule has 1 unspecified atom stereocenters. The van der Waals surface area contributed by atoms with Gasteiger partial charge in [0, 0.05) is 34.4 Å². The fraction of sp³-hybridized carbons (Fsp3) is 0.448. The molecule has 1 aliphatic carbocycles. The van der Waals surface area contributed by atoms with E-state index in [0.29, 0.717) is 37.4 Å². The average molecular weight is 599 g/mol. The van der Waals surface area contributed by atoms with Crippen molar-refractivity contribution in [2.45, 2.75) is 64.5 Å². The number of hydrogen-bond acceptors (Lipinski definition) is 5. The fourth-order valence-electron chi connectivity index (χ4n) is 4.77. The van der Waals surface area contributed by atoms with Crippen molar-refractivity contribution in [2.24, 2.45) is 11.8 Å².